The Morgan fingerprint density at radius 2 is 1.89 bits per heavy atom. The second-order valence-electron chi connectivity index (χ2n) is 6.37. The fourth-order valence-electron chi connectivity index (χ4n) is 2.91. The minimum atomic E-state index is 0.252. The monoisotopic (exact) mass is 395 g/mol. The molecule has 0 radical (unpaired) electrons. The third-order valence-electron chi connectivity index (χ3n) is 4.34. The van der Waals surface area contributed by atoms with Crippen LogP contribution in [0.2, 0.25) is 0 Å². The van der Waals surface area contributed by atoms with Gasteiger partial charge in [0.25, 0.3) is 0 Å². The summed E-state index contributed by atoms with van der Waals surface area (Å²) < 4.78 is 27.3. The highest BCUT2D eigenvalue weighted by atomic mass is 16.5. The third-order valence-corrected chi connectivity index (χ3v) is 4.34. The van der Waals surface area contributed by atoms with Crippen LogP contribution in [0, 0.1) is 0 Å². The first-order chi connectivity index (χ1) is 13.7. The molecule has 0 saturated carbocycles. The summed E-state index contributed by atoms with van der Waals surface area (Å²) in [6.07, 6.45) is 2.15. The molecule has 1 aliphatic rings. The molecule has 1 aromatic rings. The summed E-state index contributed by atoms with van der Waals surface area (Å²) in [5.74, 6) is 2.59. The van der Waals surface area contributed by atoms with Crippen LogP contribution in [0.4, 0.5) is 0 Å². The second kappa shape index (κ2) is 12.3. The van der Waals surface area contributed by atoms with Gasteiger partial charge in [-0.15, -0.1) is 0 Å². The molecule has 1 heterocycles. The first-order valence-electron chi connectivity index (χ1n) is 9.72. The molecule has 1 atom stereocenters. The number of rotatable bonds is 11. The molecule has 1 aliphatic heterocycles. The van der Waals surface area contributed by atoms with Crippen LogP contribution < -0.4 is 24.8 Å². The number of methoxy groups -OCH3 is 3. The zero-order valence-electron chi connectivity index (χ0n) is 17.4. The number of hydrogen-bond donors (Lipinski definition) is 2. The molecule has 0 bridgehead atoms. The summed E-state index contributed by atoms with van der Waals surface area (Å²) in [4.78, 5) is 4.65. The first-order valence-corrected chi connectivity index (χ1v) is 9.72. The van der Waals surface area contributed by atoms with E-state index < -0.39 is 0 Å². The van der Waals surface area contributed by atoms with Crippen LogP contribution in [0.15, 0.2) is 17.1 Å². The van der Waals surface area contributed by atoms with Crippen molar-refractivity contribution in [3.05, 3.63) is 17.7 Å². The molecule has 1 unspecified atom stereocenters. The highest BCUT2D eigenvalue weighted by Gasteiger charge is 2.15. The van der Waals surface area contributed by atoms with E-state index in [-0.39, 0.29) is 6.10 Å². The van der Waals surface area contributed by atoms with E-state index in [4.69, 9.17) is 23.7 Å². The van der Waals surface area contributed by atoms with Gasteiger partial charge in [-0.05, 0) is 37.5 Å². The number of hydrogen-bond acceptors (Lipinski definition) is 6. The number of nitrogens with zero attached hydrogens (tertiary/aromatic N) is 1. The fourth-order valence-corrected chi connectivity index (χ4v) is 2.91. The largest absolute Gasteiger partial charge is 0.493 e. The van der Waals surface area contributed by atoms with Gasteiger partial charge in [0, 0.05) is 26.3 Å². The Morgan fingerprint density at radius 1 is 1.14 bits per heavy atom. The highest BCUT2D eigenvalue weighted by Crippen LogP contribution is 2.38. The van der Waals surface area contributed by atoms with Crippen molar-refractivity contribution in [2.24, 2.45) is 4.99 Å². The predicted octanol–water partition coefficient (Wildman–Crippen LogP) is 1.96. The molecular weight excluding hydrogens is 362 g/mol. The molecular formula is C20H33N3O5. The average Bonchev–Trinajstić information content (AvgIpc) is 3.24. The highest BCUT2D eigenvalue weighted by molar-refractivity contribution is 5.79. The third kappa shape index (κ3) is 6.76. The molecule has 8 heteroatoms. The second-order valence-corrected chi connectivity index (χ2v) is 6.37. The van der Waals surface area contributed by atoms with Crippen molar-refractivity contribution in [1.29, 1.82) is 0 Å². The molecule has 28 heavy (non-hydrogen) atoms. The zero-order valence-corrected chi connectivity index (χ0v) is 17.4. The Bertz CT molecular complexity index is 593. The smallest absolute Gasteiger partial charge is 0.203 e. The van der Waals surface area contributed by atoms with Crippen molar-refractivity contribution in [2.75, 3.05) is 54.2 Å². The standard InChI is InChI=1S/C20H33N3O5/c1-5-21-20(22-8-6-9-28-16-7-10-27-14-16)23-13-15-11-17(24-2)19(26-4)18(12-15)25-3/h11-12,16H,5-10,13-14H2,1-4H3,(H2,21,22,23). The van der Waals surface area contributed by atoms with E-state index in [9.17, 15) is 0 Å². The van der Waals surface area contributed by atoms with Crippen molar-refractivity contribution >= 4 is 5.96 Å². The lowest BCUT2D eigenvalue weighted by molar-refractivity contribution is 0.0420. The first kappa shape index (κ1) is 22.1. The zero-order chi connectivity index (χ0) is 20.2. The van der Waals surface area contributed by atoms with Gasteiger partial charge in [0.2, 0.25) is 5.75 Å². The molecule has 1 aromatic carbocycles. The van der Waals surface area contributed by atoms with Crippen LogP contribution in [0.3, 0.4) is 0 Å². The van der Waals surface area contributed by atoms with Crippen molar-refractivity contribution in [3.63, 3.8) is 0 Å². The van der Waals surface area contributed by atoms with Crippen LogP contribution in [0.5, 0.6) is 17.2 Å². The summed E-state index contributed by atoms with van der Waals surface area (Å²) in [6.45, 7) is 6.34. The van der Waals surface area contributed by atoms with Gasteiger partial charge < -0.3 is 34.3 Å². The van der Waals surface area contributed by atoms with E-state index in [1.165, 1.54) is 0 Å². The van der Waals surface area contributed by atoms with Gasteiger partial charge in [-0.1, -0.05) is 0 Å². The van der Waals surface area contributed by atoms with Crippen molar-refractivity contribution in [2.45, 2.75) is 32.4 Å². The van der Waals surface area contributed by atoms with E-state index in [1.54, 1.807) is 21.3 Å². The number of benzene rings is 1. The van der Waals surface area contributed by atoms with E-state index in [2.05, 4.69) is 15.6 Å². The minimum Gasteiger partial charge on any atom is -0.493 e. The van der Waals surface area contributed by atoms with Gasteiger partial charge in [-0.25, -0.2) is 4.99 Å². The summed E-state index contributed by atoms with van der Waals surface area (Å²) >= 11 is 0. The molecule has 0 aromatic heterocycles. The lowest BCUT2D eigenvalue weighted by Crippen LogP contribution is -2.38. The molecule has 2 rings (SSSR count). The molecule has 0 aliphatic carbocycles. The van der Waals surface area contributed by atoms with E-state index in [0.717, 1.165) is 44.1 Å². The maximum atomic E-state index is 5.78. The molecule has 8 nitrogen and oxygen atoms in total. The predicted molar refractivity (Wildman–Crippen MR) is 109 cm³/mol. The topological polar surface area (TPSA) is 82.6 Å². The molecule has 2 N–H and O–H groups in total. The van der Waals surface area contributed by atoms with Gasteiger partial charge in [0.1, 0.15) is 0 Å². The van der Waals surface area contributed by atoms with Crippen molar-refractivity contribution in [3.8, 4) is 17.2 Å². The summed E-state index contributed by atoms with van der Waals surface area (Å²) in [7, 11) is 4.81. The van der Waals surface area contributed by atoms with Crippen molar-refractivity contribution < 1.29 is 23.7 Å². The normalized spacial score (nSPS) is 16.7. The Morgan fingerprint density at radius 3 is 2.46 bits per heavy atom. The summed E-state index contributed by atoms with van der Waals surface area (Å²) in [6, 6.07) is 3.82. The quantitative estimate of drug-likeness (QED) is 0.337. The maximum Gasteiger partial charge on any atom is 0.203 e. The van der Waals surface area contributed by atoms with E-state index in [1.807, 2.05) is 19.1 Å². The lowest BCUT2D eigenvalue weighted by atomic mass is 10.2. The van der Waals surface area contributed by atoms with Crippen LogP contribution >= 0.6 is 0 Å². The van der Waals surface area contributed by atoms with E-state index >= 15 is 0 Å². The van der Waals surface area contributed by atoms with E-state index in [0.29, 0.717) is 37.0 Å². The Balaban J connectivity index is 1.88. The number of ether oxygens (including phenoxy) is 5. The maximum absolute atomic E-state index is 5.78. The van der Waals surface area contributed by atoms with Gasteiger partial charge >= 0.3 is 0 Å². The number of guanidine groups is 1. The van der Waals surface area contributed by atoms with Crippen LogP contribution in [0.25, 0.3) is 0 Å². The Kier molecular flexibility index (Phi) is 9.71. The minimum absolute atomic E-state index is 0.252. The molecule has 1 fully saturated rings. The van der Waals surface area contributed by atoms with Gasteiger partial charge in [0.15, 0.2) is 17.5 Å². The van der Waals surface area contributed by atoms with Crippen LogP contribution in [-0.4, -0.2) is 66.3 Å². The molecule has 1 saturated heterocycles. The van der Waals surface area contributed by atoms with Crippen LogP contribution in [-0.2, 0) is 16.0 Å². The summed E-state index contributed by atoms with van der Waals surface area (Å²) in [5, 5.41) is 6.59. The van der Waals surface area contributed by atoms with Gasteiger partial charge in [-0.3, -0.25) is 0 Å². The van der Waals surface area contributed by atoms with Crippen LogP contribution in [0.1, 0.15) is 25.3 Å². The molecule has 0 spiro atoms. The van der Waals surface area contributed by atoms with Gasteiger partial charge in [-0.2, -0.15) is 0 Å². The Hall–Kier alpha value is -2.19. The summed E-state index contributed by atoms with van der Waals surface area (Å²) in [5.41, 5.74) is 0.969. The van der Waals surface area contributed by atoms with Crippen molar-refractivity contribution in [1.82, 2.24) is 10.6 Å². The number of aliphatic imine (C=N–C) groups is 1. The lowest BCUT2D eigenvalue weighted by Gasteiger charge is -2.15. The molecule has 0 amide bonds. The average molecular weight is 396 g/mol. The number of nitrogens with one attached hydrogen (secondary N) is 2. The fraction of sp³-hybridized carbons (Fsp3) is 0.650. The SMILES string of the molecule is CCNC(=NCc1cc(OC)c(OC)c(OC)c1)NCCCOC1CCOC1. The van der Waals surface area contributed by atoms with Gasteiger partial charge in [0.05, 0.1) is 40.6 Å². The Labute approximate surface area is 167 Å². The molecule has 158 valence electrons.